The van der Waals surface area contributed by atoms with Gasteiger partial charge in [0.25, 0.3) is 0 Å². The molecule has 0 saturated carbocycles. The third kappa shape index (κ3) is 1.83. The highest BCUT2D eigenvalue weighted by Crippen LogP contribution is 2.20. The van der Waals surface area contributed by atoms with Crippen molar-refractivity contribution in [3.63, 3.8) is 0 Å². The average Bonchev–Trinajstić information content (AvgIpc) is 2.53. The van der Waals surface area contributed by atoms with Gasteiger partial charge in [0.15, 0.2) is 5.78 Å². The molecule has 22 heavy (non-hydrogen) atoms. The van der Waals surface area contributed by atoms with Gasteiger partial charge in [-0.25, -0.2) is 0 Å². The molecule has 1 unspecified atom stereocenters. The minimum absolute atomic E-state index is 0.257. The summed E-state index contributed by atoms with van der Waals surface area (Å²) in [7, 11) is 0. The second-order valence-electron chi connectivity index (χ2n) is 6.15. The fourth-order valence-electron chi connectivity index (χ4n) is 3.62. The number of carbonyl (C=O) groups excluding carboxylic acids is 1. The maximum Gasteiger partial charge on any atom is 0.164 e. The second kappa shape index (κ2) is 4.68. The number of hydrogen-bond donors (Lipinski definition) is 0. The summed E-state index contributed by atoms with van der Waals surface area (Å²) in [5.74, 6) is 0.573. The molecule has 0 amide bonds. The smallest absolute Gasteiger partial charge is 0.164 e. The van der Waals surface area contributed by atoms with E-state index < -0.39 is 0 Å². The number of nitrogens with zero attached hydrogens (tertiary/aromatic N) is 1. The van der Waals surface area contributed by atoms with Crippen LogP contribution >= 0.6 is 0 Å². The van der Waals surface area contributed by atoms with Crippen molar-refractivity contribution < 1.29 is 4.79 Å². The molecule has 2 aliphatic carbocycles. The summed E-state index contributed by atoms with van der Waals surface area (Å²) in [5, 5.41) is 13.5. The third-order valence-electron chi connectivity index (χ3n) is 4.59. The number of nitriles is 1. The van der Waals surface area contributed by atoms with Crippen LogP contribution < -0.4 is 10.4 Å². The Balaban J connectivity index is 2.17. The highest BCUT2D eigenvalue weighted by atomic mass is 16.1. The summed E-state index contributed by atoms with van der Waals surface area (Å²) >= 11 is 0. The summed E-state index contributed by atoms with van der Waals surface area (Å²) in [6, 6.07) is 12.1. The van der Waals surface area contributed by atoms with Crippen molar-refractivity contribution in [3.05, 3.63) is 67.9 Å². The lowest BCUT2D eigenvalue weighted by Gasteiger charge is -2.18. The van der Waals surface area contributed by atoms with Crippen LogP contribution in [0.3, 0.4) is 0 Å². The lowest BCUT2D eigenvalue weighted by Crippen LogP contribution is -2.26. The lowest BCUT2D eigenvalue weighted by atomic mass is 9.85. The quantitative estimate of drug-likeness (QED) is 0.744. The van der Waals surface area contributed by atoms with Crippen molar-refractivity contribution >= 4 is 17.9 Å². The Morgan fingerprint density at radius 3 is 2.77 bits per heavy atom. The first-order valence-electron chi connectivity index (χ1n) is 7.59. The van der Waals surface area contributed by atoms with Crippen LogP contribution in [0.15, 0.2) is 30.3 Å². The molecule has 0 radical (unpaired) electrons. The van der Waals surface area contributed by atoms with Crippen molar-refractivity contribution in [2.45, 2.75) is 19.8 Å². The molecule has 2 heteroatoms. The fraction of sp³-hybridized carbons (Fsp3) is 0.200. The number of hydrogen-bond acceptors (Lipinski definition) is 2. The molecule has 0 fully saturated rings. The Hall–Kier alpha value is -2.66. The van der Waals surface area contributed by atoms with Gasteiger partial charge in [0.05, 0.1) is 11.6 Å². The van der Waals surface area contributed by atoms with Gasteiger partial charge in [-0.3, -0.25) is 4.79 Å². The van der Waals surface area contributed by atoms with Crippen molar-refractivity contribution in [1.82, 2.24) is 0 Å². The van der Waals surface area contributed by atoms with Gasteiger partial charge < -0.3 is 0 Å². The standard InChI is InChI=1S/C20H15NO/c1-12-8-15-4-6-17-16-5-2-13(11-21)10-14(16)3-7-18(17)20(15)19(22)9-12/h2-6,8,10,12H,7,9H2,1H3. The number of fused-ring (bicyclic) bond motifs is 4. The predicted octanol–water partition coefficient (Wildman–Crippen LogP) is 2.18. The van der Waals surface area contributed by atoms with Gasteiger partial charge in [-0.2, -0.15) is 5.26 Å². The van der Waals surface area contributed by atoms with Crippen LogP contribution in [0.1, 0.15) is 34.8 Å². The number of rotatable bonds is 0. The summed E-state index contributed by atoms with van der Waals surface area (Å²) in [4.78, 5) is 12.5. The van der Waals surface area contributed by atoms with Crippen LogP contribution in [-0.2, 0) is 6.42 Å². The minimum atomic E-state index is 0.257. The topological polar surface area (TPSA) is 40.9 Å². The molecule has 0 saturated heterocycles. The molecule has 0 spiro atoms. The maximum absolute atomic E-state index is 12.5. The first-order chi connectivity index (χ1) is 10.7. The van der Waals surface area contributed by atoms with Gasteiger partial charge in [0.1, 0.15) is 0 Å². The second-order valence-corrected chi connectivity index (χ2v) is 6.15. The molecular formula is C20H15NO. The molecule has 4 rings (SSSR count). The van der Waals surface area contributed by atoms with Gasteiger partial charge in [-0.1, -0.05) is 37.3 Å². The first-order valence-corrected chi connectivity index (χ1v) is 7.59. The van der Waals surface area contributed by atoms with Crippen molar-refractivity contribution in [2.75, 3.05) is 0 Å². The lowest BCUT2D eigenvalue weighted by molar-refractivity contribution is 0.0968. The first kappa shape index (κ1) is 13.0. The van der Waals surface area contributed by atoms with Crippen LogP contribution in [0, 0.1) is 27.7 Å². The van der Waals surface area contributed by atoms with Crippen LogP contribution in [0.5, 0.6) is 0 Å². The van der Waals surface area contributed by atoms with E-state index >= 15 is 0 Å². The number of ketones is 1. The summed E-state index contributed by atoms with van der Waals surface area (Å²) in [6.07, 6.45) is 5.69. The van der Waals surface area contributed by atoms with E-state index in [2.05, 4.69) is 37.3 Å². The van der Waals surface area contributed by atoms with E-state index in [1.165, 1.54) is 0 Å². The van der Waals surface area contributed by atoms with Crippen LogP contribution in [0.2, 0.25) is 0 Å². The van der Waals surface area contributed by atoms with Gasteiger partial charge >= 0.3 is 0 Å². The predicted molar refractivity (Wildman–Crippen MR) is 85.3 cm³/mol. The Kier molecular flexibility index (Phi) is 2.77. The highest BCUT2D eigenvalue weighted by molar-refractivity contribution is 6.00. The molecule has 2 aliphatic rings. The summed E-state index contributed by atoms with van der Waals surface area (Å²) in [5.41, 5.74) is 2.72. The zero-order valence-corrected chi connectivity index (χ0v) is 12.4. The number of benzene rings is 2. The molecule has 0 bridgehead atoms. The highest BCUT2D eigenvalue weighted by Gasteiger charge is 2.21. The minimum Gasteiger partial charge on any atom is -0.294 e. The molecule has 0 heterocycles. The van der Waals surface area contributed by atoms with Crippen LogP contribution in [-0.4, -0.2) is 5.78 Å². The zero-order chi connectivity index (χ0) is 15.3. The molecule has 2 aromatic carbocycles. The van der Waals surface area contributed by atoms with Crippen molar-refractivity contribution in [3.8, 4) is 6.07 Å². The monoisotopic (exact) mass is 285 g/mol. The molecular weight excluding hydrogens is 270 g/mol. The maximum atomic E-state index is 12.5. The third-order valence-corrected chi connectivity index (χ3v) is 4.59. The largest absolute Gasteiger partial charge is 0.294 e. The Morgan fingerprint density at radius 1 is 1.14 bits per heavy atom. The van der Waals surface area contributed by atoms with Gasteiger partial charge in [0, 0.05) is 12.0 Å². The van der Waals surface area contributed by atoms with Crippen molar-refractivity contribution in [2.24, 2.45) is 5.92 Å². The molecule has 0 N–H and O–H groups in total. The van der Waals surface area contributed by atoms with E-state index in [1.54, 1.807) is 0 Å². The number of carbonyl (C=O) groups is 1. The van der Waals surface area contributed by atoms with Gasteiger partial charge in [-0.15, -0.1) is 0 Å². The molecule has 106 valence electrons. The molecule has 2 aromatic rings. The molecule has 0 aromatic heterocycles. The van der Waals surface area contributed by atoms with E-state index in [-0.39, 0.29) is 5.78 Å². The SMILES string of the molecule is CC1C=c2ccc3c(c2C(=O)C1)CC=c1cc(C#N)ccc1=3. The number of Topliss-reactive ketones (excluding diaryl/α,β-unsaturated/α-hetero) is 1. The fourth-order valence-corrected chi connectivity index (χ4v) is 3.62. The van der Waals surface area contributed by atoms with E-state index in [0.29, 0.717) is 17.9 Å². The van der Waals surface area contributed by atoms with Gasteiger partial charge in [-0.05, 0) is 50.9 Å². The van der Waals surface area contributed by atoms with E-state index in [4.69, 9.17) is 5.26 Å². The van der Waals surface area contributed by atoms with E-state index in [0.717, 1.165) is 38.4 Å². The van der Waals surface area contributed by atoms with Crippen LogP contribution in [0.25, 0.3) is 12.2 Å². The Labute approximate surface area is 128 Å². The molecule has 0 aliphatic heterocycles. The van der Waals surface area contributed by atoms with E-state index in [9.17, 15) is 4.79 Å². The van der Waals surface area contributed by atoms with E-state index in [1.807, 2.05) is 18.2 Å². The summed E-state index contributed by atoms with van der Waals surface area (Å²) in [6.45, 7) is 2.09. The molecule has 2 nitrogen and oxygen atoms in total. The Morgan fingerprint density at radius 2 is 1.95 bits per heavy atom. The zero-order valence-electron chi connectivity index (χ0n) is 12.4. The van der Waals surface area contributed by atoms with Crippen molar-refractivity contribution in [1.29, 1.82) is 5.26 Å². The van der Waals surface area contributed by atoms with Crippen LogP contribution in [0.4, 0.5) is 0 Å². The average molecular weight is 285 g/mol. The molecule has 1 atom stereocenters. The van der Waals surface area contributed by atoms with Gasteiger partial charge in [0.2, 0.25) is 0 Å². The normalized spacial score (nSPS) is 18.2. The Bertz CT molecular complexity index is 1070. The summed E-state index contributed by atoms with van der Waals surface area (Å²) < 4.78 is 0.